The maximum absolute atomic E-state index is 2.35. The van der Waals surface area contributed by atoms with Crippen molar-refractivity contribution in [1.82, 2.24) is 0 Å². The second-order valence-corrected chi connectivity index (χ2v) is 6.80. The van der Waals surface area contributed by atoms with Gasteiger partial charge < -0.3 is 0 Å². The molecule has 3 aromatic rings. The van der Waals surface area contributed by atoms with Gasteiger partial charge in [0.15, 0.2) is 0 Å². The van der Waals surface area contributed by atoms with Crippen molar-refractivity contribution in [2.24, 2.45) is 0 Å². The highest BCUT2D eigenvalue weighted by Gasteiger charge is 2.10. The maximum Gasteiger partial charge on any atom is 0.0384 e. The van der Waals surface area contributed by atoms with E-state index >= 15 is 0 Å². The monoisotopic (exact) mass is 246 g/mol. The first kappa shape index (κ1) is 10.3. The summed E-state index contributed by atoms with van der Waals surface area (Å²) in [6.07, 6.45) is 1.13. The number of benzene rings is 1. The molecule has 1 aromatic carbocycles. The highest BCUT2D eigenvalue weighted by atomic mass is 32.1. The Morgan fingerprint density at radius 2 is 1.75 bits per heavy atom. The number of hydrogen-bond donors (Lipinski definition) is 0. The summed E-state index contributed by atoms with van der Waals surface area (Å²) in [5.41, 5.74) is 1.54. The summed E-state index contributed by atoms with van der Waals surface area (Å²) in [6, 6.07) is 7.01. The Labute approximate surface area is 104 Å². The van der Waals surface area contributed by atoms with E-state index in [0.717, 1.165) is 6.42 Å². The lowest BCUT2D eigenvalue weighted by Gasteiger charge is -2.01. The van der Waals surface area contributed by atoms with E-state index in [-0.39, 0.29) is 0 Å². The molecule has 82 valence electrons. The molecule has 0 nitrogen and oxygen atoms in total. The molecule has 0 atom stereocenters. The van der Waals surface area contributed by atoms with E-state index in [1.165, 1.54) is 35.5 Å². The first-order chi connectivity index (χ1) is 7.69. The number of hydrogen-bond acceptors (Lipinski definition) is 2. The summed E-state index contributed by atoms with van der Waals surface area (Å²) in [5, 5.41) is 2.90. The number of fused-ring (bicyclic) bond motifs is 2. The standard InChI is InChI=1S/C14H14S2/c1-4-11-12-6-9(3)15-13(12)7-10-5-8(2)16-14(10)11/h5-7H,4H2,1-3H3. The molecule has 2 aromatic heterocycles. The van der Waals surface area contributed by atoms with Crippen LogP contribution in [0.5, 0.6) is 0 Å². The fourth-order valence-electron chi connectivity index (χ4n) is 2.37. The highest BCUT2D eigenvalue weighted by molar-refractivity contribution is 7.20. The molecule has 3 rings (SSSR count). The molecule has 0 spiro atoms. The van der Waals surface area contributed by atoms with E-state index in [0.29, 0.717) is 0 Å². The quantitative estimate of drug-likeness (QED) is 0.547. The van der Waals surface area contributed by atoms with Crippen LogP contribution in [-0.4, -0.2) is 0 Å². The average molecular weight is 246 g/mol. The van der Waals surface area contributed by atoms with Crippen molar-refractivity contribution in [3.8, 4) is 0 Å². The SMILES string of the molecule is CCc1c2cc(C)sc2cc2cc(C)sc12. The molecule has 0 fully saturated rings. The van der Waals surface area contributed by atoms with Crippen molar-refractivity contribution in [3.05, 3.63) is 33.5 Å². The first-order valence-electron chi connectivity index (χ1n) is 5.61. The summed E-state index contributed by atoms with van der Waals surface area (Å²) in [5.74, 6) is 0. The second-order valence-electron chi connectivity index (χ2n) is 4.25. The van der Waals surface area contributed by atoms with E-state index < -0.39 is 0 Å². The van der Waals surface area contributed by atoms with Crippen LogP contribution >= 0.6 is 22.7 Å². The van der Waals surface area contributed by atoms with E-state index in [1.54, 1.807) is 0 Å². The number of thiophene rings is 2. The van der Waals surface area contributed by atoms with Crippen molar-refractivity contribution >= 4 is 42.8 Å². The largest absolute Gasteiger partial charge is 0.141 e. The van der Waals surface area contributed by atoms with Gasteiger partial charge in [-0.25, -0.2) is 0 Å². The zero-order chi connectivity index (χ0) is 11.3. The summed E-state index contributed by atoms with van der Waals surface area (Å²) < 4.78 is 2.94. The van der Waals surface area contributed by atoms with Crippen LogP contribution < -0.4 is 0 Å². The lowest BCUT2D eigenvalue weighted by Crippen LogP contribution is -1.80. The fourth-order valence-corrected chi connectivity index (χ4v) is 4.49. The summed E-state index contributed by atoms with van der Waals surface area (Å²) >= 11 is 3.84. The van der Waals surface area contributed by atoms with Gasteiger partial charge in [-0.15, -0.1) is 22.7 Å². The van der Waals surface area contributed by atoms with Crippen molar-refractivity contribution < 1.29 is 0 Å². The van der Waals surface area contributed by atoms with Crippen LogP contribution in [0.25, 0.3) is 20.2 Å². The van der Waals surface area contributed by atoms with Crippen molar-refractivity contribution in [1.29, 1.82) is 0 Å². The Morgan fingerprint density at radius 3 is 2.50 bits per heavy atom. The van der Waals surface area contributed by atoms with Crippen molar-refractivity contribution in [2.45, 2.75) is 27.2 Å². The van der Waals surface area contributed by atoms with Gasteiger partial charge in [0.05, 0.1) is 0 Å². The molecule has 0 aliphatic rings. The smallest absolute Gasteiger partial charge is 0.0384 e. The Kier molecular flexibility index (Phi) is 2.30. The third-order valence-electron chi connectivity index (χ3n) is 3.01. The zero-order valence-corrected chi connectivity index (χ0v) is 11.4. The molecule has 0 saturated heterocycles. The molecular formula is C14H14S2. The van der Waals surface area contributed by atoms with E-state index in [9.17, 15) is 0 Å². The van der Waals surface area contributed by atoms with Crippen LogP contribution in [0.2, 0.25) is 0 Å². The van der Waals surface area contributed by atoms with Crippen LogP contribution in [0.4, 0.5) is 0 Å². The van der Waals surface area contributed by atoms with Gasteiger partial charge in [0, 0.05) is 19.2 Å². The molecule has 0 amide bonds. The lowest BCUT2D eigenvalue weighted by atomic mass is 10.1. The normalized spacial score (nSPS) is 11.7. The van der Waals surface area contributed by atoms with Crippen LogP contribution in [0.3, 0.4) is 0 Å². The Hall–Kier alpha value is -0.860. The molecule has 0 bridgehead atoms. The minimum Gasteiger partial charge on any atom is -0.141 e. The molecule has 0 saturated carbocycles. The first-order valence-corrected chi connectivity index (χ1v) is 7.24. The lowest BCUT2D eigenvalue weighted by molar-refractivity contribution is 1.18. The molecule has 0 radical (unpaired) electrons. The van der Waals surface area contributed by atoms with Gasteiger partial charge >= 0.3 is 0 Å². The van der Waals surface area contributed by atoms with Gasteiger partial charge in [0.2, 0.25) is 0 Å². The Morgan fingerprint density at radius 1 is 1.00 bits per heavy atom. The Bertz CT molecular complexity index is 616. The third kappa shape index (κ3) is 1.40. The minimum absolute atomic E-state index is 1.13. The summed E-state index contributed by atoms with van der Waals surface area (Å²) in [6.45, 7) is 6.66. The van der Waals surface area contributed by atoms with Gasteiger partial charge in [-0.05, 0) is 54.8 Å². The molecule has 0 aliphatic carbocycles. The zero-order valence-electron chi connectivity index (χ0n) is 9.76. The topological polar surface area (TPSA) is 0 Å². The average Bonchev–Trinajstić information content (AvgIpc) is 2.74. The molecule has 2 heteroatoms. The second kappa shape index (κ2) is 3.57. The van der Waals surface area contributed by atoms with Gasteiger partial charge in [-0.3, -0.25) is 0 Å². The molecule has 0 unspecified atom stereocenters. The summed E-state index contributed by atoms with van der Waals surface area (Å²) in [4.78, 5) is 2.83. The van der Waals surface area contributed by atoms with Gasteiger partial charge in [0.1, 0.15) is 0 Å². The van der Waals surface area contributed by atoms with Crippen molar-refractivity contribution in [2.75, 3.05) is 0 Å². The van der Waals surface area contributed by atoms with E-state index in [2.05, 4.69) is 39.0 Å². The third-order valence-corrected chi connectivity index (χ3v) is 5.13. The van der Waals surface area contributed by atoms with E-state index in [1.807, 2.05) is 22.7 Å². The number of aryl methyl sites for hydroxylation is 3. The molecule has 2 heterocycles. The van der Waals surface area contributed by atoms with Crippen LogP contribution in [0.15, 0.2) is 18.2 Å². The summed E-state index contributed by atoms with van der Waals surface area (Å²) in [7, 11) is 0. The number of rotatable bonds is 1. The van der Waals surface area contributed by atoms with Crippen LogP contribution in [0, 0.1) is 13.8 Å². The van der Waals surface area contributed by atoms with Gasteiger partial charge in [-0.1, -0.05) is 6.92 Å². The molecular weight excluding hydrogens is 232 g/mol. The predicted octanol–water partition coefficient (Wildman–Crippen LogP) is 5.30. The predicted molar refractivity (Wildman–Crippen MR) is 76.1 cm³/mol. The minimum atomic E-state index is 1.13. The molecule has 0 N–H and O–H groups in total. The van der Waals surface area contributed by atoms with E-state index in [4.69, 9.17) is 0 Å². The highest BCUT2D eigenvalue weighted by Crippen LogP contribution is 2.37. The maximum atomic E-state index is 2.35. The van der Waals surface area contributed by atoms with Gasteiger partial charge in [0.25, 0.3) is 0 Å². The Balaban J connectivity index is 2.53. The molecule has 0 aliphatic heterocycles. The fraction of sp³-hybridized carbons (Fsp3) is 0.286. The van der Waals surface area contributed by atoms with Crippen molar-refractivity contribution in [3.63, 3.8) is 0 Å². The van der Waals surface area contributed by atoms with Crippen LogP contribution in [-0.2, 0) is 6.42 Å². The molecule has 16 heavy (non-hydrogen) atoms. The van der Waals surface area contributed by atoms with Crippen LogP contribution in [0.1, 0.15) is 22.2 Å². The van der Waals surface area contributed by atoms with Gasteiger partial charge in [-0.2, -0.15) is 0 Å².